The fourth-order valence-electron chi connectivity index (χ4n) is 2.60. The molecular formula is C22H18F2O. The van der Waals surface area contributed by atoms with Crippen LogP contribution in [0.3, 0.4) is 0 Å². The number of benzene rings is 3. The lowest BCUT2D eigenvalue weighted by molar-refractivity contribution is 0.303. The van der Waals surface area contributed by atoms with Crippen LogP contribution in [0.25, 0.3) is 6.08 Å². The Kier molecular flexibility index (Phi) is 5.57. The largest absolute Gasteiger partial charge is 0.489 e. The molecule has 3 heteroatoms. The molecule has 3 rings (SSSR count). The third kappa shape index (κ3) is 5.01. The van der Waals surface area contributed by atoms with Crippen LogP contribution in [-0.4, -0.2) is 0 Å². The minimum absolute atomic E-state index is 0.498. The molecular weight excluding hydrogens is 318 g/mol. The second kappa shape index (κ2) is 8.25. The molecule has 0 spiro atoms. The highest BCUT2D eigenvalue weighted by Crippen LogP contribution is 2.23. The molecule has 0 fully saturated rings. The van der Waals surface area contributed by atoms with Gasteiger partial charge in [0.05, 0.1) is 0 Å². The topological polar surface area (TPSA) is 9.23 Å². The Morgan fingerprint density at radius 2 is 1.44 bits per heavy atom. The summed E-state index contributed by atoms with van der Waals surface area (Å²) in [6.45, 7) is 0.511. The van der Waals surface area contributed by atoms with E-state index in [1.165, 1.54) is 0 Å². The molecule has 0 atom stereocenters. The molecule has 0 amide bonds. The van der Waals surface area contributed by atoms with Crippen molar-refractivity contribution in [3.63, 3.8) is 0 Å². The molecule has 0 aliphatic heterocycles. The van der Waals surface area contributed by atoms with E-state index < -0.39 is 6.08 Å². The number of hydrogen-bond acceptors (Lipinski definition) is 1. The Labute approximate surface area is 146 Å². The van der Waals surface area contributed by atoms with Gasteiger partial charge in [0.2, 0.25) is 0 Å². The Bertz CT molecular complexity index is 835. The van der Waals surface area contributed by atoms with Gasteiger partial charge in [-0.05, 0) is 28.3 Å². The molecule has 3 aromatic carbocycles. The molecule has 1 nitrogen and oxygen atoms in total. The predicted molar refractivity (Wildman–Crippen MR) is 96.7 cm³/mol. The van der Waals surface area contributed by atoms with Gasteiger partial charge in [0.1, 0.15) is 12.4 Å². The summed E-state index contributed by atoms with van der Waals surface area (Å²) in [6.07, 6.45) is -0.138. The number of para-hydroxylation sites is 1. The summed E-state index contributed by atoms with van der Waals surface area (Å²) < 4.78 is 30.5. The van der Waals surface area contributed by atoms with Crippen molar-refractivity contribution in [1.82, 2.24) is 0 Å². The summed E-state index contributed by atoms with van der Waals surface area (Å²) in [5.41, 5.74) is 3.73. The van der Waals surface area contributed by atoms with Crippen molar-refractivity contribution in [1.29, 1.82) is 0 Å². The zero-order valence-electron chi connectivity index (χ0n) is 13.7. The van der Waals surface area contributed by atoms with Crippen LogP contribution in [0, 0.1) is 0 Å². The van der Waals surface area contributed by atoms with Gasteiger partial charge in [-0.3, -0.25) is 0 Å². The van der Waals surface area contributed by atoms with E-state index in [-0.39, 0.29) is 0 Å². The number of rotatable bonds is 6. The van der Waals surface area contributed by atoms with Gasteiger partial charge in [-0.1, -0.05) is 72.8 Å². The highest BCUT2D eigenvalue weighted by molar-refractivity contribution is 5.50. The fourth-order valence-corrected chi connectivity index (χ4v) is 2.60. The maximum absolute atomic E-state index is 12.3. The normalized spacial score (nSPS) is 10.3. The summed E-state index contributed by atoms with van der Waals surface area (Å²) in [5.74, 6) is 0.838. The van der Waals surface area contributed by atoms with E-state index in [1.54, 1.807) is 12.1 Å². The van der Waals surface area contributed by atoms with Gasteiger partial charge in [0.15, 0.2) is 0 Å². The maximum atomic E-state index is 12.3. The third-order valence-corrected chi connectivity index (χ3v) is 3.86. The molecule has 0 heterocycles. The van der Waals surface area contributed by atoms with Crippen LogP contribution in [0.1, 0.15) is 22.3 Å². The molecule has 0 saturated heterocycles. The lowest BCUT2D eigenvalue weighted by Crippen LogP contribution is -1.99. The molecule has 0 saturated carbocycles. The van der Waals surface area contributed by atoms with Crippen molar-refractivity contribution >= 4 is 6.08 Å². The van der Waals surface area contributed by atoms with Gasteiger partial charge in [0, 0.05) is 12.5 Å². The number of hydrogen-bond donors (Lipinski definition) is 0. The van der Waals surface area contributed by atoms with Crippen molar-refractivity contribution in [2.45, 2.75) is 13.0 Å². The highest BCUT2D eigenvalue weighted by Gasteiger charge is 2.05. The van der Waals surface area contributed by atoms with Crippen LogP contribution in [0.4, 0.5) is 8.78 Å². The fraction of sp³-hybridized carbons (Fsp3) is 0.0909. The van der Waals surface area contributed by atoms with Crippen LogP contribution < -0.4 is 4.74 Å². The first-order chi connectivity index (χ1) is 12.2. The number of ether oxygens (including phenoxy) is 1. The van der Waals surface area contributed by atoms with Gasteiger partial charge in [-0.25, -0.2) is 0 Å². The van der Waals surface area contributed by atoms with Crippen molar-refractivity contribution in [2.24, 2.45) is 0 Å². The average Bonchev–Trinajstić information content (AvgIpc) is 2.63. The van der Waals surface area contributed by atoms with Crippen molar-refractivity contribution in [2.75, 3.05) is 0 Å². The second-order valence-electron chi connectivity index (χ2n) is 5.73. The Morgan fingerprint density at radius 1 is 0.760 bits per heavy atom. The monoisotopic (exact) mass is 336 g/mol. The smallest absolute Gasteiger partial charge is 0.270 e. The zero-order valence-corrected chi connectivity index (χ0v) is 13.7. The van der Waals surface area contributed by atoms with Gasteiger partial charge in [-0.2, -0.15) is 8.78 Å². The van der Waals surface area contributed by atoms with Gasteiger partial charge in [-0.15, -0.1) is 0 Å². The maximum Gasteiger partial charge on any atom is 0.270 e. The zero-order chi connectivity index (χ0) is 17.5. The SMILES string of the molecule is FC(F)=Cc1ccc(Cc2ccccc2OCc2ccccc2)cc1. The summed E-state index contributed by atoms with van der Waals surface area (Å²) >= 11 is 0. The molecule has 0 radical (unpaired) electrons. The minimum atomic E-state index is -1.69. The molecule has 126 valence electrons. The second-order valence-corrected chi connectivity index (χ2v) is 5.73. The predicted octanol–water partition coefficient (Wildman–Crippen LogP) is 6.09. The average molecular weight is 336 g/mol. The minimum Gasteiger partial charge on any atom is -0.489 e. The molecule has 0 aromatic heterocycles. The molecule has 0 N–H and O–H groups in total. The van der Waals surface area contributed by atoms with Crippen molar-refractivity contribution in [3.05, 3.63) is 107 Å². The van der Waals surface area contributed by atoms with Crippen LogP contribution in [0.15, 0.2) is 84.9 Å². The van der Waals surface area contributed by atoms with Crippen LogP contribution in [-0.2, 0) is 13.0 Å². The van der Waals surface area contributed by atoms with E-state index >= 15 is 0 Å². The van der Waals surface area contributed by atoms with Crippen molar-refractivity contribution < 1.29 is 13.5 Å². The first kappa shape index (κ1) is 16.9. The Morgan fingerprint density at radius 3 is 2.16 bits per heavy atom. The molecule has 3 aromatic rings. The Hall–Kier alpha value is -2.94. The summed E-state index contributed by atoms with van der Waals surface area (Å²) in [5, 5.41) is 0. The van der Waals surface area contributed by atoms with E-state index in [1.807, 2.05) is 66.7 Å². The van der Waals surface area contributed by atoms with E-state index in [2.05, 4.69) is 0 Å². The van der Waals surface area contributed by atoms with Crippen LogP contribution in [0.5, 0.6) is 5.75 Å². The summed E-state index contributed by atoms with van der Waals surface area (Å²) in [7, 11) is 0. The number of halogens is 2. The summed E-state index contributed by atoms with van der Waals surface area (Å²) in [6, 6.07) is 25.0. The highest BCUT2D eigenvalue weighted by atomic mass is 19.3. The van der Waals surface area contributed by atoms with E-state index in [0.29, 0.717) is 18.6 Å². The summed E-state index contributed by atoms with van der Waals surface area (Å²) in [4.78, 5) is 0. The van der Waals surface area contributed by atoms with E-state index in [0.717, 1.165) is 28.5 Å². The van der Waals surface area contributed by atoms with E-state index in [9.17, 15) is 8.78 Å². The molecule has 0 aliphatic rings. The molecule has 0 unspecified atom stereocenters. The first-order valence-electron chi connectivity index (χ1n) is 8.07. The molecule has 0 aliphatic carbocycles. The molecule has 0 bridgehead atoms. The van der Waals surface area contributed by atoms with Gasteiger partial charge >= 0.3 is 0 Å². The van der Waals surface area contributed by atoms with E-state index in [4.69, 9.17) is 4.74 Å². The van der Waals surface area contributed by atoms with Crippen LogP contribution in [0.2, 0.25) is 0 Å². The lowest BCUT2D eigenvalue weighted by Gasteiger charge is -2.12. The lowest BCUT2D eigenvalue weighted by atomic mass is 10.0. The van der Waals surface area contributed by atoms with Crippen LogP contribution >= 0.6 is 0 Å². The van der Waals surface area contributed by atoms with Gasteiger partial charge < -0.3 is 4.74 Å². The van der Waals surface area contributed by atoms with Gasteiger partial charge in [0.25, 0.3) is 6.08 Å². The quantitative estimate of drug-likeness (QED) is 0.529. The third-order valence-electron chi connectivity index (χ3n) is 3.86. The van der Waals surface area contributed by atoms with Crippen molar-refractivity contribution in [3.8, 4) is 5.75 Å². The Balaban J connectivity index is 1.71. The molecule has 25 heavy (non-hydrogen) atoms. The first-order valence-corrected chi connectivity index (χ1v) is 8.07. The standard InChI is InChI=1S/C22H18F2O/c23-22(24)15-18-12-10-17(11-13-18)14-20-8-4-5-9-21(20)25-16-19-6-2-1-3-7-19/h1-13,15H,14,16H2.